The zero-order chi connectivity index (χ0) is 14.6. The number of hydrogen-bond donors (Lipinski definition) is 1. The molecule has 2 N–H and O–H groups in total. The van der Waals surface area contributed by atoms with Gasteiger partial charge in [-0.1, -0.05) is 6.92 Å². The molecule has 0 amide bonds. The zero-order valence-corrected chi connectivity index (χ0v) is 12.1. The topological polar surface area (TPSA) is 87.3 Å². The van der Waals surface area contributed by atoms with Crippen LogP contribution >= 0.6 is 0 Å². The second-order valence-corrected chi connectivity index (χ2v) is 4.40. The van der Waals surface area contributed by atoms with Crippen LogP contribution in [0.15, 0.2) is 0 Å². The van der Waals surface area contributed by atoms with Gasteiger partial charge in [0, 0.05) is 7.11 Å². The summed E-state index contributed by atoms with van der Waals surface area (Å²) in [5.41, 5.74) is 5.95. The van der Waals surface area contributed by atoms with Gasteiger partial charge in [-0.3, -0.25) is 0 Å². The summed E-state index contributed by atoms with van der Waals surface area (Å²) in [6, 6.07) is 0. The average molecular weight is 267 g/mol. The number of nitrogens with zero attached hydrogens (tertiary/aromatic N) is 2. The summed E-state index contributed by atoms with van der Waals surface area (Å²) in [6.07, 6.45) is 0.696. The number of esters is 1. The van der Waals surface area contributed by atoms with Crippen LogP contribution < -0.4 is 5.73 Å². The summed E-state index contributed by atoms with van der Waals surface area (Å²) >= 11 is 0. The Hall–Kier alpha value is -1.69. The molecule has 19 heavy (non-hydrogen) atoms. The minimum atomic E-state index is -0.619. The normalized spacial score (nSPS) is 13.9. The standard InChI is InChI=1S/C13H21N3O3/c1-6-13(4,18-5)12-15-8(3)9(10(14)16-12)11(17)19-7-2/h6-7H2,1-5H3,(H2,14,15,16). The lowest BCUT2D eigenvalue weighted by molar-refractivity contribution is -0.00907. The van der Waals surface area contributed by atoms with Gasteiger partial charge in [0.05, 0.1) is 12.3 Å². The first-order valence-electron chi connectivity index (χ1n) is 6.26. The Morgan fingerprint density at radius 3 is 2.42 bits per heavy atom. The number of methoxy groups -OCH3 is 1. The van der Waals surface area contributed by atoms with E-state index in [-0.39, 0.29) is 18.0 Å². The molecule has 0 saturated carbocycles. The van der Waals surface area contributed by atoms with E-state index in [1.165, 1.54) is 0 Å². The summed E-state index contributed by atoms with van der Waals surface area (Å²) in [5.74, 6) is 0.0953. The summed E-state index contributed by atoms with van der Waals surface area (Å²) in [4.78, 5) is 20.3. The first kappa shape index (κ1) is 15.4. The monoisotopic (exact) mass is 267 g/mol. The molecule has 1 aromatic rings. The second-order valence-electron chi connectivity index (χ2n) is 4.40. The molecule has 1 unspecified atom stereocenters. The van der Waals surface area contributed by atoms with Crippen molar-refractivity contribution in [2.24, 2.45) is 0 Å². The van der Waals surface area contributed by atoms with Crippen molar-refractivity contribution in [1.29, 1.82) is 0 Å². The maximum absolute atomic E-state index is 11.8. The van der Waals surface area contributed by atoms with E-state index in [1.54, 1.807) is 21.0 Å². The smallest absolute Gasteiger partial charge is 0.343 e. The Morgan fingerprint density at radius 2 is 2.00 bits per heavy atom. The summed E-state index contributed by atoms with van der Waals surface area (Å²) in [5, 5.41) is 0. The summed E-state index contributed by atoms with van der Waals surface area (Å²) in [6.45, 7) is 7.57. The number of anilines is 1. The Kier molecular flexibility index (Phi) is 4.83. The quantitative estimate of drug-likeness (QED) is 0.819. The Labute approximate surface area is 113 Å². The van der Waals surface area contributed by atoms with Crippen LogP contribution in [0.3, 0.4) is 0 Å². The fraction of sp³-hybridized carbons (Fsp3) is 0.615. The molecule has 0 radical (unpaired) electrons. The Morgan fingerprint density at radius 1 is 1.37 bits per heavy atom. The number of aromatic nitrogens is 2. The molecule has 1 rings (SSSR count). The molecular weight excluding hydrogens is 246 g/mol. The highest BCUT2D eigenvalue weighted by molar-refractivity contribution is 5.95. The highest BCUT2D eigenvalue weighted by Crippen LogP contribution is 2.27. The van der Waals surface area contributed by atoms with Crippen LogP contribution in [-0.2, 0) is 15.1 Å². The fourth-order valence-electron chi connectivity index (χ4n) is 1.68. The van der Waals surface area contributed by atoms with Gasteiger partial charge in [-0.15, -0.1) is 0 Å². The van der Waals surface area contributed by atoms with Gasteiger partial charge in [0.15, 0.2) is 5.82 Å². The van der Waals surface area contributed by atoms with Crippen molar-refractivity contribution in [3.63, 3.8) is 0 Å². The van der Waals surface area contributed by atoms with Gasteiger partial charge in [0.2, 0.25) is 0 Å². The van der Waals surface area contributed by atoms with Gasteiger partial charge in [-0.05, 0) is 27.2 Å². The maximum atomic E-state index is 11.8. The molecule has 0 saturated heterocycles. The molecule has 0 aliphatic heterocycles. The molecule has 0 aromatic carbocycles. The van der Waals surface area contributed by atoms with Crippen LogP contribution in [0.1, 0.15) is 49.1 Å². The van der Waals surface area contributed by atoms with Gasteiger partial charge in [-0.25, -0.2) is 14.8 Å². The molecule has 1 aromatic heterocycles. The van der Waals surface area contributed by atoms with E-state index in [9.17, 15) is 4.79 Å². The minimum absolute atomic E-state index is 0.123. The fourth-order valence-corrected chi connectivity index (χ4v) is 1.68. The van der Waals surface area contributed by atoms with Crippen LogP contribution in [0.2, 0.25) is 0 Å². The number of aryl methyl sites for hydroxylation is 1. The van der Waals surface area contributed by atoms with E-state index < -0.39 is 11.6 Å². The van der Waals surface area contributed by atoms with E-state index in [1.807, 2.05) is 13.8 Å². The van der Waals surface area contributed by atoms with Gasteiger partial charge in [0.1, 0.15) is 17.0 Å². The number of carbonyl (C=O) groups excluding carboxylic acids is 1. The van der Waals surface area contributed by atoms with Crippen molar-refractivity contribution in [3.8, 4) is 0 Å². The molecule has 6 nitrogen and oxygen atoms in total. The van der Waals surface area contributed by atoms with Gasteiger partial charge < -0.3 is 15.2 Å². The van der Waals surface area contributed by atoms with E-state index in [2.05, 4.69) is 9.97 Å². The molecule has 0 spiro atoms. The van der Waals surface area contributed by atoms with E-state index in [0.29, 0.717) is 17.9 Å². The van der Waals surface area contributed by atoms with Crippen molar-refractivity contribution in [3.05, 3.63) is 17.1 Å². The predicted octanol–water partition coefficient (Wildman–Crippen LogP) is 1.82. The van der Waals surface area contributed by atoms with Crippen molar-refractivity contribution < 1.29 is 14.3 Å². The van der Waals surface area contributed by atoms with Crippen LogP contribution in [0.25, 0.3) is 0 Å². The minimum Gasteiger partial charge on any atom is -0.462 e. The van der Waals surface area contributed by atoms with Crippen LogP contribution in [-0.4, -0.2) is 29.7 Å². The third kappa shape index (κ3) is 3.01. The molecule has 6 heteroatoms. The highest BCUT2D eigenvalue weighted by atomic mass is 16.5. The second kappa shape index (κ2) is 5.97. The van der Waals surface area contributed by atoms with Crippen molar-refractivity contribution in [2.45, 2.75) is 39.7 Å². The van der Waals surface area contributed by atoms with E-state index in [4.69, 9.17) is 15.2 Å². The van der Waals surface area contributed by atoms with Gasteiger partial charge in [-0.2, -0.15) is 0 Å². The molecule has 0 aliphatic rings. The predicted molar refractivity (Wildman–Crippen MR) is 71.8 cm³/mol. The number of nitrogens with two attached hydrogens (primary N) is 1. The third-order valence-electron chi connectivity index (χ3n) is 3.20. The molecule has 0 aliphatic carbocycles. The number of nitrogen functional groups attached to an aromatic ring is 1. The van der Waals surface area contributed by atoms with E-state index >= 15 is 0 Å². The van der Waals surface area contributed by atoms with Crippen LogP contribution in [0, 0.1) is 6.92 Å². The SMILES string of the molecule is CCOC(=O)c1c(C)nc(C(C)(CC)OC)nc1N. The number of ether oxygens (including phenoxy) is 2. The lowest BCUT2D eigenvalue weighted by Crippen LogP contribution is -2.28. The molecular formula is C13H21N3O3. The Balaban J connectivity index is 3.28. The summed E-state index contributed by atoms with van der Waals surface area (Å²) in [7, 11) is 1.59. The molecule has 1 heterocycles. The van der Waals surface area contributed by atoms with Gasteiger partial charge >= 0.3 is 5.97 Å². The number of rotatable bonds is 5. The van der Waals surface area contributed by atoms with Gasteiger partial charge in [0.25, 0.3) is 0 Å². The first-order valence-corrected chi connectivity index (χ1v) is 6.26. The van der Waals surface area contributed by atoms with Crippen molar-refractivity contribution in [2.75, 3.05) is 19.5 Å². The maximum Gasteiger partial charge on any atom is 0.343 e. The van der Waals surface area contributed by atoms with Crippen molar-refractivity contribution in [1.82, 2.24) is 9.97 Å². The Bertz CT molecular complexity index is 447. The number of carbonyl (C=O) groups is 1. The molecule has 1 atom stereocenters. The number of hydrogen-bond acceptors (Lipinski definition) is 6. The zero-order valence-electron chi connectivity index (χ0n) is 12.1. The molecule has 0 fully saturated rings. The lowest BCUT2D eigenvalue weighted by Gasteiger charge is -2.25. The largest absolute Gasteiger partial charge is 0.462 e. The average Bonchev–Trinajstić information content (AvgIpc) is 2.37. The molecule has 106 valence electrons. The lowest BCUT2D eigenvalue weighted by atomic mass is 10.0. The van der Waals surface area contributed by atoms with Crippen LogP contribution in [0.5, 0.6) is 0 Å². The van der Waals surface area contributed by atoms with Crippen molar-refractivity contribution >= 4 is 11.8 Å². The first-order chi connectivity index (χ1) is 8.89. The van der Waals surface area contributed by atoms with E-state index in [0.717, 1.165) is 0 Å². The third-order valence-corrected chi connectivity index (χ3v) is 3.20. The summed E-state index contributed by atoms with van der Waals surface area (Å²) < 4.78 is 10.4. The highest BCUT2D eigenvalue weighted by Gasteiger charge is 2.30. The van der Waals surface area contributed by atoms with Crippen LogP contribution in [0.4, 0.5) is 5.82 Å². The molecule has 0 bridgehead atoms.